The summed E-state index contributed by atoms with van der Waals surface area (Å²) in [4.78, 5) is 17.0. The molecule has 0 aliphatic carbocycles. The lowest BCUT2D eigenvalue weighted by Crippen LogP contribution is -2.11. The van der Waals surface area contributed by atoms with Crippen molar-refractivity contribution in [1.82, 2.24) is 4.98 Å². The molecular formula is C20H19ClN2O2S. The molecule has 0 spiro atoms. The number of thiophene rings is 1. The fourth-order valence-corrected chi connectivity index (χ4v) is 3.41. The predicted octanol–water partition coefficient (Wildman–Crippen LogP) is 5.55. The summed E-state index contributed by atoms with van der Waals surface area (Å²) < 4.78 is 5.96. The number of carbonyl (C=O) groups is 1. The molecule has 3 aromatic rings. The Bertz CT molecular complexity index is 935. The van der Waals surface area contributed by atoms with Crippen molar-refractivity contribution >= 4 is 34.7 Å². The summed E-state index contributed by atoms with van der Waals surface area (Å²) in [5.41, 5.74) is 4.48. The van der Waals surface area contributed by atoms with E-state index >= 15 is 0 Å². The number of aryl methyl sites for hydroxylation is 2. The van der Waals surface area contributed by atoms with E-state index in [1.807, 2.05) is 17.5 Å². The molecule has 0 fully saturated rings. The topological polar surface area (TPSA) is 51.2 Å². The molecule has 1 aromatic carbocycles. The van der Waals surface area contributed by atoms with Crippen molar-refractivity contribution in [2.75, 3.05) is 5.32 Å². The number of nitrogens with zero attached hydrogens (tertiary/aromatic N) is 1. The first-order valence-electron chi connectivity index (χ1n) is 8.13. The SMILES string of the molecule is Cc1cc(C)c(C)c(OCc2csc(C(=O)Nc3ccc(Cl)cn3)c2)c1. The second kappa shape index (κ2) is 7.89. The molecular weight excluding hydrogens is 368 g/mol. The minimum Gasteiger partial charge on any atom is -0.489 e. The molecule has 0 atom stereocenters. The molecule has 1 amide bonds. The van der Waals surface area contributed by atoms with Crippen molar-refractivity contribution in [2.24, 2.45) is 0 Å². The second-order valence-electron chi connectivity index (χ2n) is 6.13. The molecule has 134 valence electrons. The molecule has 6 heteroatoms. The quantitative estimate of drug-likeness (QED) is 0.625. The largest absolute Gasteiger partial charge is 0.489 e. The van der Waals surface area contributed by atoms with Gasteiger partial charge in [-0.25, -0.2) is 4.98 Å². The number of anilines is 1. The van der Waals surface area contributed by atoms with Crippen molar-refractivity contribution in [3.05, 3.63) is 74.1 Å². The summed E-state index contributed by atoms with van der Waals surface area (Å²) in [6.07, 6.45) is 1.50. The normalized spacial score (nSPS) is 10.6. The Morgan fingerprint density at radius 3 is 2.77 bits per heavy atom. The van der Waals surface area contributed by atoms with Crippen molar-refractivity contribution in [3.63, 3.8) is 0 Å². The van der Waals surface area contributed by atoms with Gasteiger partial charge in [-0.2, -0.15) is 0 Å². The van der Waals surface area contributed by atoms with E-state index in [1.165, 1.54) is 28.7 Å². The van der Waals surface area contributed by atoms with Gasteiger partial charge in [0.2, 0.25) is 0 Å². The van der Waals surface area contributed by atoms with Crippen LogP contribution in [0.4, 0.5) is 5.82 Å². The fourth-order valence-electron chi connectivity index (χ4n) is 2.51. The number of benzene rings is 1. The summed E-state index contributed by atoms with van der Waals surface area (Å²) in [5.74, 6) is 1.15. The van der Waals surface area contributed by atoms with E-state index in [2.05, 4.69) is 37.1 Å². The smallest absolute Gasteiger partial charge is 0.266 e. The zero-order valence-electron chi connectivity index (χ0n) is 14.8. The third-order valence-corrected chi connectivity index (χ3v) is 5.21. The molecule has 4 nitrogen and oxygen atoms in total. The summed E-state index contributed by atoms with van der Waals surface area (Å²) in [5, 5.41) is 5.22. The van der Waals surface area contributed by atoms with Gasteiger partial charge in [0.15, 0.2) is 0 Å². The van der Waals surface area contributed by atoms with Crippen LogP contribution in [0.15, 0.2) is 41.9 Å². The van der Waals surface area contributed by atoms with Crippen LogP contribution in [0.2, 0.25) is 5.02 Å². The maximum absolute atomic E-state index is 12.3. The lowest BCUT2D eigenvalue weighted by molar-refractivity contribution is 0.103. The Kier molecular flexibility index (Phi) is 5.59. The highest BCUT2D eigenvalue weighted by atomic mass is 35.5. The zero-order chi connectivity index (χ0) is 18.7. The van der Waals surface area contributed by atoms with E-state index < -0.39 is 0 Å². The molecule has 0 saturated carbocycles. The lowest BCUT2D eigenvalue weighted by atomic mass is 10.1. The monoisotopic (exact) mass is 386 g/mol. The minimum absolute atomic E-state index is 0.196. The van der Waals surface area contributed by atoms with Gasteiger partial charge in [-0.3, -0.25) is 4.79 Å². The summed E-state index contributed by atoms with van der Waals surface area (Å²) in [7, 11) is 0. The Morgan fingerprint density at radius 1 is 1.23 bits per heavy atom. The average molecular weight is 387 g/mol. The first-order valence-corrected chi connectivity index (χ1v) is 9.39. The molecule has 26 heavy (non-hydrogen) atoms. The van der Waals surface area contributed by atoms with Crippen LogP contribution in [0.3, 0.4) is 0 Å². The highest BCUT2D eigenvalue weighted by molar-refractivity contribution is 7.12. The number of rotatable bonds is 5. The second-order valence-corrected chi connectivity index (χ2v) is 7.48. The predicted molar refractivity (Wildman–Crippen MR) is 107 cm³/mol. The van der Waals surface area contributed by atoms with E-state index in [9.17, 15) is 4.79 Å². The maximum Gasteiger partial charge on any atom is 0.266 e. The number of amides is 1. The fraction of sp³-hybridized carbons (Fsp3) is 0.200. The summed E-state index contributed by atoms with van der Waals surface area (Å²) in [6.45, 7) is 6.60. The molecule has 0 aliphatic rings. The first-order chi connectivity index (χ1) is 12.4. The number of halogens is 1. The van der Waals surface area contributed by atoms with Crippen LogP contribution in [0.25, 0.3) is 0 Å². The van der Waals surface area contributed by atoms with Crippen LogP contribution in [0.1, 0.15) is 31.9 Å². The van der Waals surface area contributed by atoms with Crippen LogP contribution in [-0.4, -0.2) is 10.9 Å². The zero-order valence-corrected chi connectivity index (χ0v) is 16.4. The molecule has 1 N–H and O–H groups in total. The van der Waals surface area contributed by atoms with Crippen LogP contribution >= 0.6 is 22.9 Å². The number of hydrogen-bond acceptors (Lipinski definition) is 4. The molecule has 2 aromatic heterocycles. The van der Waals surface area contributed by atoms with Gasteiger partial charge in [-0.05, 0) is 67.1 Å². The Balaban J connectivity index is 1.64. The van der Waals surface area contributed by atoms with Crippen LogP contribution in [0.5, 0.6) is 5.75 Å². The molecule has 0 aliphatic heterocycles. The molecule has 2 heterocycles. The average Bonchev–Trinajstić information content (AvgIpc) is 3.08. The molecule has 3 rings (SSSR count). The van der Waals surface area contributed by atoms with Gasteiger partial charge in [0.05, 0.1) is 9.90 Å². The van der Waals surface area contributed by atoms with Gasteiger partial charge >= 0.3 is 0 Å². The van der Waals surface area contributed by atoms with Crippen molar-refractivity contribution in [2.45, 2.75) is 27.4 Å². The van der Waals surface area contributed by atoms with Crippen LogP contribution < -0.4 is 10.1 Å². The minimum atomic E-state index is -0.196. The van der Waals surface area contributed by atoms with Crippen molar-refractivity contribution in [1.29, 1.82) is 0 Å². The Morgan fingerprint density at radius 2 is 2.04 bits per heavy atom. The molecule has 0 saturated heterocycles. The van der Waals surface area contributed by atoms with Gasteiger partial charge < -0.3 is 10.1 Å². The van der Waals surface area contributed by atoms with E-state index in [1.54, 1.807) is 12.1 Å². The number of ether oxygens (including phenoxy) is 1. The van der Waals surface area contributed by atoms with Crippen molar-refractivity contribution < 1.29 is 9.53 Å². The first kappa shape index (κ1) is 18.4. The number of pyridine rings is 1. The van der Waals surface area contributed by atoms with E-state index in [-0.39, 0.29) is 5.91 Å². The van der Waals surface area contributed by atoms with Gasteiger partial charge in [0, 0.05) is 11.8 Å². The standard InChI is InChI=1S/C20H19ClN2O2S/c1-12-6-13(2)14(3)17(7-12)25-10-15-8-18(26-11-15)20(24)23-19-5-4-16(21)9-22-19/h4-9,11H,10H2,1-3H3,(H,22,23,24). The number of nitrogens with one attached hydrogen (secondary N) is 1. The lowest BCUT2D eigenvalue weighted by Gasteiger charge is -2.11. The van der Waals surface area contributed by atoms with Gasteiger partial charge in [-0.1, -0.05) is 17.7 Å². The molecule has 0 bridgehead atoms. The van der Waals surface area contributed by atoms with Crippen LogP contribution in [-0.2, 0) is 6.61 Å². The maximum atomic E-state index is 12.3. The number of aromatic nitrogens is 1. The van der Waals surface area contributed by atoms with Crippen molar-refractivity contribution in [3.8, 4) is 5.75 Å². The number of carbonyl (C=O) groups excluding carboxylic acids is 1. The highest BCUT2D eigenvalue weighted by Gasteiger charge is 2.11. The molecule has 0 radical (unpaired) electrons. The third-order valence-electron chi connectivity index (χ3n) is 4.00. The summed E-state index contributed by atoms with van der Waals surface area (Å²) in [6, 6.07) is 9.37. The Hall–Kier alpha value is -2.37. The Labute approximate surface area is 161 Å². The van der Waals surface area contributed by atoms with Crippen LogP contribution in [0, 0.1) is 20.8 Å². The van der Waals surface area contributed by atoms with E-state index in [0.29, 0.717) is 22.3 Å². The van der Waals surface area contributed by atoms with E-state index in [0.717, 1.165) is 16.9 Å². The third kappa shape index (κ3) is 4.42. The highest BCUT2D eigenvalue weighted by Crippen LogP contribution is 2.25. The molecule has 0 unspecified atom stereocenters. The van der Waals surface area contributed by atoms with E-state index in [4.69, 9.17) is 16.3 Å². The van der Waals surface area contributed by atoms with Gasteiger partial charge in [-0.15, -0.1) is 11.3 Å². The summed E-state index contributed by atoms with van der Waals surface area (Å²) >= 11 is 7.18. The van der Waals surface area contributed by atoms with Gasteiger partial charge in [0.25, 0.3) is 5.91 Å². The van der Waals surface area contributed by atoms with Gasteiger partial charge in [0.1, 0.15) is 18.2 Å². The number of hydrogen-bond donors (Lipinski definition) is 1.